The van der Waals surface area contributed by atoms with E-state index in [0.717, 1.165) is 0 Å². The zero-order valence-electron chi connectivity index (χ0n) is 20.5. The minimum Gasteiger partial charge on any atom is -0.381 e. The third-order valence-electron chi connectivity index (χ3n) is 5.55. The van der Waals surface area contributed by atoms with Crippen LogP contribution in [0.15, 0.2) is 54.9 Å². The van der Waals surface area contributed by atoms with Crippen LogP contribution < -0.4 is 11.1 Å². The Balaban J connectivity index is 1.83. The number of alkyl halides is 3. The van der Waals surface area contributed by atoms with Gasteiger partial charge in [-0.1, -0.05) is 23.7 Å². The molecule has 0 unspecified atom stereocenters. The average molecular weight is 553 g/mol. The molecule has 3 amide bonds. The lowest BCUT2D eigenvalue weighted by Crippen LogP contribution is -2.47. The molecule has 10 nitrogen and oxygen atoms in total. The van der Waals surface area contributed by atoms with Gasteiger partial charge < -0.3 is 15.7 Å². The maximum absolute atomic E-state index is 13.0. The molecular formula is C24H26ClF3N7O3+. The van der Waals surface area contributed by atoms with E-state index in [9.17, 15) is 27.9 Å². The number of nitrogens with two attached hydrogens (primary N) is 1. The number of amidine groups is 1. The smallest absolute Gasteiger partial charge is 0.381 e. The second kappa shape index (κ2) is 12.0. The molecule has 14 heteroatoms. The van der Waals surface area contributed by atoms with Gasteiger partial charge in [-0.25, -0.2) is 14.5 Å². The molecule has 0 bridgehead atoms. The molecule has 3 aromatic rings. The number of aliphatic hydroxyl groups is 1. The summed E-state index contributed by atoms with van der Waals surface area (Å²) < 4.78 is 41.1. The predicted octanol–water partition coefficient (Wildman–Crippen LogP) is 2.56. The zero-order valence-corrected chi connectivity index (χ0v) is 21.2. The highest BCUT2D eigenvalue weighted by atomic mass is 35.5. The lowest BCUT2D eigenvalue weighted by Gasteiger charge is -2.17. The molecule has 2 aromatic carbocycles. The van der Waals surface area contributed by atoms with Crippen molar-refractivity contribution in [3.05, 3.63) is 76.8 Å². The van der Waals surface area contributed by atoms with Crippen molar-refractivity contribution in [3.8, 4) is 5.69 Å². The largest absolute Gasteiger partial charge is 0.436 e. The minimum atomic E-state index is -4.98. The van der Waals surface area contributed by atoms with Crippen LogP contribution in [0.2, 0.25) is 5.02 Å². The van der Waals surface area contributed by atoms with E-state index in [1.165, 1.54) is 40.2 Å². The SMILES string of the molecule is CCN(C)C(=O)c1ccccc1-n1cnc(CNC(=O)/[N+](C[C@H](O)C(F)(F)F)=C(\N)c2ccc(Cl)cc2)n1. The highest BCUT2D eigenvalue weighted by molar-refractivity contribution is 6.30. The first-order valence-electron chi connectivity index (χ1n) is 11.4. The predicted molar refractivity (Wildman–Crippen MR) is 133 cm³/mol. The van der Waals surface area contributed by atoms with Gasteiger partial charge in [-0.05, 0) is 43.3 Å². The molecule has 0 aliphatic carbocycles. The number of aromatic nitrogens is 3. The molecule has 0 saturated heterocycles. The van der Waals surface area contributed by atoms with Gasteiger partial charge in [-0.3, -0.25) is 10.1 Å². The number of aliphatic hydroxyl groups excluding tert-OH is 1. The van der Waals surface area contributed by atoms with Crippen LogP contribution in [-0.4, -0.2) is 79.5 Å². The van der Waals surface area contributed by atoms with Gasteiger partial charge in [0.1, 0.15) is 19.4 Å². The molecule has 0 radical (unpaired) electrons. The number of rotatable bonds is 8. The van der Waals surface area contributed by atoms with Gasteiger partial charge in [0, 0.05) is 24.2 Å². The average Bonchev–Trinajstić information content (AvgIpc) is 3.37. The third-order valence-corrected chi connectivity index (χ3v) is 5.80. The number of urea groups is 1. The Morgan fingerprint density at radius 3 is 2.50 bits per heavy atom. The van der Waals surface area contributed by atoms with Crippen molar-refractivity contribution < 1.29 is 32.4 Å². The molecule has 0 fully saturated rings. The highest BCUT2D eigenvalue weighted by Crippen LogP contribution is 2.20. The van der Waals surface area contributed by atoms with Gasteiger partial charge in [0.05, 0.1) is 11.3 Å². The van der Waals surface area contributed by atoms with Crippen LogP contribution in [0.5, 0.6) is 0 Å². The molecule has 1 aromatic heterocycles. The number of carbonyl (C=O) groups is 2. The topological polar surface area (TPSA) is 129 Å². The molecule has 0 aliphatic rings. The number of nitrogens with one attached hydrogen (secondary N) is 1. The molecular weight excluding hydrogens is 527 g/mol. The van der Waals surface area contributed by atoms with E-state index in [1.54, 1.807) is 31.3 Å². The van der Waals surface area contributed by atoms with E-state index in [4.69, 9.17) is 17.3 Å². The van der Waals surface area contributed by atoms with Gasteiger partial charge in [0.15, 0.2) is 11.9 Å². The van der Waals surface area contributed by atoms with E-state index in [2.05, 4.69) is 15.4 Å². The van der Waals surface area contributed by atoms with E-state index in [0.29, 0.717) is 27.4 Å². The Morgan fingerprint density at radius 2 is 1.87 bits per heavy atom. The van der Waals surface area contributed by atoms with E-state index >= 15 is 0 Å². The first-order valence-corrected chi connectivity index (χ1v) is 11.7. The van der Waals surface area contributed by atoms with Gasteiger partial charge in [0.2, 0.25) is 5.84 Å². The van der Waals surface area contributed by atoms with Crippen LogP contribution in [0.25, 0.3) is 5.69 Å². The highest BCUT2D eigenvalue weighted by Gasteiger charge is 2.41. The second-order valence-electron chi connectivity index (χ2n) is 8.16. The van der Waals surface area contributed by atoms with Crippen molar-refractivity contribution in [3.63, 3.8) is 0 Å². The molecule has 0 aliphatic heterocycles. The first-order chi connectivity index (χ1) is 17.9. The number of carbonyl (C=O) groups excluding carboxylic acids is 2. The summed E-state index contributed by atoms with van der Waals surface area (Å²) in [6, 6.07) is 11.5. The van der Waals surface area contributed by atoms with Crippen LogP contribution in [-0.2, 0) is 6.54 Å². The Labute approximate surface area is 221 Å². The second-order valence-corrected chi connectivity index (χ2v) is 8.60. The van der Waals surface area contributed by atoms with Crippen molar-refractivity contribution in [2.45, 2.75) is 25.7 Å². The first kappa shape index (κ1) is 28.6. The Kier molecular flexibility index (Phi) is 9.07. The molecule has 38 heavy (non-hydrogen) atoms. The quantitative estimate of drug-likeness (QED) is 0.224. The van der Waals surface area contributed by atoms with E-state index in [1.807, 2.05) is 6.92 Å². The van der Waals surface area contributed by atoms with Gasteiger partial charge in [0.25, 0.3) is 5.91 Å². The summed E-state index contributed by atoms with van der Waals surface area (Å²) in [6.45, 7) is 0.914. The van der Waals surface area contributed by atoms with E-state index < -0.39 is 24.9 Å². The van der Waals surface area contributed by atoms with Gasteiger partial charge in [-0.2, -0.15) is 17.7 Å². The number of hydrogen-bond acceptors (Lipinski definition) is 5. The summed E-state index contributed by atoms with van der Waals surface area (Å²) in [7, 11) is 1.66. The summed E-state index contributed by atoms with van der Waals surface area (Å²) in [5.74, 6) is -0.431. The molecule has 0 spiro atoms. The van der Waals surface area contributed by atoms with Crippen LogP contribution >= 0.6 is 11.6 Å². The standard InChI is InChI=1S/C24H25ClF3N7O3/c1-3-33(2)22(37)17-6-4-5-7-18(17)35-14-31-20(32-35)12-30-23(38)34(13-19(36)24(26,27)28)21(29)15-8-10-16(25)11-9-15/h4-11,14,19,29,36H,3,12-13H2,1-2H3,(H,30,38)/p+1/t19-/m0/s1. The molecule has 202 valence electrons. The number of hydrogen-bond donors (Lipinski definition) is 3. The zero-order chi connectivity index (χ0) is 28.0. The van der Waals surface area contributed by atoms with Crippen LogP contribution in [0.3, 0.4) is 0 Å². The van der Waals surface area contributed by atoms with Crippen molar-refractivity contribution in [1.29, 1.82) is 0 Å². The maximum atomic E-state index is 13.0. The number of para-hydroxylation sites is 1. The molecule has 1 heterocycles. The lowest BCUT2D eigenvalue weighted by molar-refractivity contribution is -0.455. The summed E-state index contributed by atoms with van der Waals surface area (Å²) >= 11 is 5.85. The molecule has 4 N–H and O–H groups in total. The minimum absolute atomic E-state index is 0.117. The van der Waals surface area contributed by atoms with Crippen LogP contribution in [0, 0.1) is 0 Å². The van der Waals surface area contributed by atoms with Crippen LogP contribution in [0.4, 0.5) is 18.0 Å². The fourth-order valence-corrected chi connectivity index (χ4v) is 3.42. The maximum Gasteiger partial charge on any atom is 0.436 e. The lowest BCUT2D eigenvalue weighted by atomic mass is 10.1. The van der Waals surface area contributed by atoms with Gasteiger partial charge >= 0.3 is 12.2 Å². The Bertz CT molecular complexity index is 1330. The van der Waals surface area contributed by atoms with E-state index in [-0.39, 0.29) is 29.7 Å². The van der Waals surface area contributed by atoms with Gasteiger partial charge in [-0.15, -0.1) is 5.10 Å². The van der Waals surface area contributed by atoms with Crippen LogP contribution in [0.1, 0.15) is 28.7 Å². The fourth-order valence-electron chi connectivity index (χ4n) is 3.29. The molecule has 0 saturated carbocycles. The summed E-state index contributed by atoms with van der Waals surface area (Å²) in [5.41, 5.74) is 7.06. The normalized spacial score (nSPS) is 13.0. The third kappa shape index (κ3) is 6.86. The Morgan fingerprint density at radius 1 is 1.21 bits per heavy atom. The number of nitrogens with zero attached hydrogens (tertiary/aromatic N) is 5. The summed E-state index contributed by atoms with van der Waals surface area (Å²) in [6.07, 6.45) is -6.47. The molecule has 3 rings (SSSR count). The van der Waals surface area contributed by atoms with Crippen molar-refractivity contribution >= 4 is 29.4 Å². The van der Waals surface area contributed by atoms with Crippen molar-refractivity contribution in [2.75, 3.05) is 20.1 Å². The summed E-state index contributed by atoms with van der Waals surface area (Å²) in [5, 5.41) is 16.6. The Hall–Kier alpha value is -3.97. The number of benzene rings is 2. The van der Waals surface area contributed by atoms with Crippen molar-refractivity contribution in [2.24, 2.45) is 5.73 Å². The number of halogens is 4. The van der Waals surface area contributed by atoms with Crippen molar-refractivity contribution in [1.82, 2.24) is 25.0 Å². The summed E-state index contributed by atoms with van der Waals surface area (Å²) in [4.78, 5) is 31.2. The number of amides is 3. The molecule has 1 atom stereocenters. The monoisotopic (exact) mass is 552 g/mol. The fraction of sp³-hybridized carbons (Fsp3) is 0.292.